The number of amides is 1. The second-order valence-electron chi connectivity index (χ2n) is 4.49. The predicted octanol–water partition coefficient (Wildman–Crippen LogP) is 2.49. The monoisotopic (exact) mass is 252 g/mol. The molecular formula is C12H13FN2O3. The minimum Gasteiger partial charge on any atom is -0.366 e. The number of hydrogen-bond acceptors (Lipinski definition) is 3. The summed E-state index contributed by atoms with van der Waals surface area (Å²) < 4.78 is 13.6. The van der Waals surface area contributed by atoms with E-state index in [1.54, 1.807) is 0 Å². The molecule has 0 heterocycles. The van der Waals surface area contributed by atoms with E-state index in [0.717, 1.165) is 37.8 Å². The summed E-state index contributed by atoms with van der Waals surface area (Å²) in [4.78, 5) is 21.1. The maximum absolute atomic E-state index is 13.6. The van der Waals surface area contributed by atoms with Crippen LogP contribution in [0.5, 0.6) is 0 Å². The van der Waals surface area contributed by atoms with Crippen LogP contribution < -0.4 is 5.73 Å². The Morgan fingerprint density at radius 1 is 1.39 bits per heavy atom. The summed E-state index contributed by atoms with van der Waals surface area (Å²) in [5.41, 5.74) is 5.08. The Balaban J connectivity index is 2.54. The second kappa shape index (κ2) is 4.72. The third-order valence-corrected chi connectivity index (χ3v) is 3.38. The van der Waals surface area contributed by atoms with Gasteiger partial charge in [0.1, 0.15) is 0 Å². The summed E-state index contributed by atoms with van der Waals surface area (Å²) in [6.45, 7) is 0. The summed E-state index contributed by atoms with van der Waals surface area (Å²) in [5, 5.41) is 10.6. The Morgan fingerprint density at radius 2 is 2.00 bits per heavy atom. The van der Waals surface area contributed by atoms with Gasteiger partial charge in [0.15, 0.2) is 0 Å². The van der Waals surface area contributed by atoms with Crippen molar-refractivity contribution < 1.29 is 14.1 Å². The molecular weight excluding hydrogens is 239 g/mol. The molecule has 2 rings (SSSR count). The Morgan fingerprint density at radius 3 is 2.50 bits per heavy atom. The number of rotatable bonds is 3. The van der Waals surface area contributed by atoms with Gasteiger partial charge in [0, 0.05) is 11.6 Å². The van der Waals surface area contributed by atoms with E-state index >= 15 is 0 Å². The topological polar surface area (TPSA) is 86.2 Å². The average Bonchev–Trinajstić information content (AvgIpc) is 2.80. The van der Waals surface area contributed by atoms with Gasteiger partial charge in [-0.2, -0.15) is 4.39 Å². The first kappa shape index (κ1) is 12.5. The molecule has 18 heavy (non-hydrogen) atoms. The molecule has 1 amide bonds. The molecule has 0 bridgehead atoms. The summed E-state index contributed by atoms with van der Waals surface area (Å²) in [7, 11) is 0. The van der Waals surface area contributed by atoms with Crippen LogP contribution in [0.2, 0.25) is 0 Å². The van der Waals surface area contributed by atoms with Crippen LogP contribution in [0.25, 0.3) is 0 Å². The van der Waals surface area contributed by atoms with E-state index < -0.39 is 22.3 Å². The van der Waals surface area contributed by atoms with E-state index in [1.807, 2.05) is 0 Å². The first-order valence-electron chi connectivity index (χ1n) is 5.78. The third-order valence-electron chi connectivity index (χ3n) is 3.38. The van der Waals surface area contributed by atoms with Gasteiger partial charge < -0.3 is 5.73 Å². The minimum absolute atomic E-state index is 0.0648. The number of benzene rings is 1. The lowest BCUT2D eigenvalue weighted by atomic mass is 9.92. The molecule has 0 unspecified atom stereocenters. The van der Waals surface area contributed by atoms with E-state index in [-0.39, 0.29) is 11.5 Å². The summed E-state index contributed by atoms with van der Waals surface area (Å²) in [5.74, 6) is -1.59. The van der Waals surface area contributed by atoms with Crippen molar-refractivity contribution in [1.82, 2.24) is 0 Å². The zero-order valence-electron chi connectivity index (χ0n) is 9.69. The van der Waals surface area contributed by atoms with Gasteiger partial charge in [-0.25, -0.2) is 0 Å². The highest BCUT2D eigenvalue weighted by Crippen LogP contribution is 2.37. The van der Waals surface area contributed by atoms with E-state index in [2.05, 4.69) is 0 Å². The molecule has 6 heteroatoms. The number of primary amides is 1. The highest BCUT2D eigenvalue weighted by atomic mass is 19.1. The third kappa shape index (κ3) is 2.18. The van der Waals surface area contributed by atoms with Crippen molar-refractivity contribution in [3.63, 3.8) is 0 Å². The van der Waals surface area contributed by atoms with Crippen molar-refractivity contribution >= 4 is 11.6 Å². The van der Waals surface area contributed by atoms with Gasteiger partial charge >= 0.3 is 5.69 Å². The van der Waals surface area contributed by atoms with Gasteiger partial charge in [-0.3, -0.25) is 14.9 Å². The number of carbonyl (C=O) groups is 1. The molecule has 1 saturated carbocycles. The van der Waals surface area contributed by atoms with Crippen molar-refractivity contribution in [3.8, 4) is 0 Å². The number of nitrogens with zero attached hydrogens (tertiary/aromatic N) is 1. The number of nitro benzene ring substituents is 1. The van der Waals surface area contributed by atoms with Gasteiger partial charge in [0.05, 0.1) is 4.92 Å². The van der Waals surface area contributed by atoms with Crippen LogP contribution in [-0.2, 0) is 0 Å². The van der Waals surface area contributed by atoms with Crippen LogP contribution in [0.1, 0.15) is 47.5 Å². The van der Waals surface area contributed by atoms with Gasteiger partial charge in [0.2, 0.25) is 11.7 Å². The lowest BCUT2D eigenvalue weighted by molar-refractivity contribution is -0.387. The molecule has 1 aliphatic carbocycles. The smallest absolute Gasteiger partial charge is 0.305 e. The first-order valence-corrected chi connectivity index (χ1v) is 5.78. The van der Waals surface area contributed by atoms with Crippen LogP contribution in [0.4, 0.5) is 10.1 Å². The van der Waals surface area contributed by atoms with E-state index in [0.29, 0.717) is 5.56 Å². The Bertz CT molecular complexity index is 510. The number of carbonyl (C=O) groups excluding carboxylic acids is 1. The second-order valence-corrected chi connectivity index (χ2v) is 4.49. The number of halogens is 1. The maximum atomic E-state index is 13.6. The molecule has 1 aliphatic rings. The molecule has 0 aliphatic heterocycles. The largest absolute Gasteiger partial charge is 0.366 e. The SMILES string of the molecule is NC(=O)c1cc([N+](=O)[O-])c(F)cc1C1CCCC1. The van der Waals surface area contributed by atoms with Crippen LogP contribution in [0.3, 0.4) is 0 Å². The Labute approximate surface area is 103 Å². The normalized spacial score (nSPS) is 15.8. The van der Waals surface area contributed by atoms with Crippen LogP contribution in [0, 0.1) is 15.9 Å². The van der Waals surface area contributed by atoms with Crippen molar-refractivity contribution in [2.45, 2.75) is 31.6 Å². The fourth-order valence-corrected chi connectivity index (χ4v) is 2.51. The minimum atomic E-state index is -0.910. The molecule has 2 N–H and O–H groups in total. The number of nitrogens with two attached hydrogens (primary N) is 1. The first-order chi connectivity index (χ1) is 8.50. The van der Waals surface area contributed by atoms with Crippen molar-refractivity contribution in [2.75, 3.05) is 0 Å². The maximum Gasteiger partial charge on any atom is 0.305 e. The van der Waals surface area contributed by atoms with Crippen molar-refractivity contribution in [2.24, 2.45) is 5.73 Å². The molecule has 96 valence electrons. The van der Waals surface area contributed by atoms with Gasteiger partial charge in [-0.05, 0) is 30.4 Å². The fourth-order valence-electron chi connectivity index (χ4n) is 2.51. The van der Waals surface area contributed by atoms with Crippen molar-refractivity contribution in [1.29, 1.82) is 0 Å². The molecule has 0 radical (unpaired) electrons. The highest BCUT2D eigenvalue weighted by molar-refractivity contribution is 5.95. The molecule has 1 aromatic rings. The fraction of sp³-hybridized carbons (Fsp3) is 0.417. The highest BCUT2D eigenvalue weighted by Gasteiger charge is 2.26. The van der Waals surface area contributed by atoms with E-state index in [1.165, 1.54) is 0 Å². The standard InChI is InChI=1S/C12H13FN2O3/c13-10-5-8(7-3-1-2-4-7)9(12(14)16)6-11(10)15(17)18/h5-7H,1-4H2,(H2,14,16). The van der Waals surface area contributed by atoms with E-state index in [9.17, 15) is 19.3 Å². The summed E-state index contributed by atoms with van der Waals surface area (Å²) in [6, 6.07) is 2.04. The summed E-state index contributed by atoms with van der Waals surface area (Å²) in [6.07, 6.45) is 3.75. The number of nitro groups is 1. The summed E-state index contributed by atoms with van der Waals surface area (Å²) >= 11 is 0. The van der Waals surface area contributed by atoms with Gasteiger partial charge in [-0.1, -0.05) is 12.8 Å². The van der Waals surface area contributed by atoms with Crippen molar-refractivity contribution in [3.05, 3.63) is 39.2 Å². The van der Waals surface area contributed by atoms with Crippen LogP contribution in [0.15, 0.2) is 12.1 Å². The zero-order chi connectivity index (χ0) is 13.3. The predicted molar refractivity (Wildman–Crippen MR) is 62.8 cm³/mol. The molecule has 0 aromatic heterocycles. The molecule has 0 spiro atoms. The number of hydrogen-bond donors (Lipinski definition) is 1. The lowest BCUT2D eigenvalue weighted by Crippen LogP contribution is -2.16. The lowest BCUT2D eigenvalue weighted by Gasteiger charge is -2.13. The Kier molecular flexibility index (Phi) is 3.27. The van der Waals surface area contributed by atoms with Crippen LogP contribution >= 0.6 is 0 Å². The molecule has 1 aromatic carbocycles. The Hall–Kier alpha value is -1.98. The zero-order valence-corrected chi connectivity index (χ0v) is 9.69. The van der Waals surface area contributed by atoms with Gasteiger partial charge in [-0.15, -0.1) is 0 Å². The quantitative estimate of drug-likeness (QED) is 0.662. The molecule has 5 nitrogen and oxygen atoms in total. The van der Waals surface area contributed by atoms with E-state index in [4.69, 9.17) is 5.73 Å². The molecule has 0 saturated heterocycles. The van der Waals surface area contributed by atoms with Gasteiger partial charge in [0.25, 0.3) is 0 Å². The molecule has 1 fully saturated rings. The average molecular weight is 252 g/mol. The van der Waals surface area contributed by atoms with Crippen LogP contribution in [-0.4, -0.2) is 10.8 Å². The molecule has 0 atom stereocenters.